The Morgan fingerprint density at radius 2 is 1.06 bits per heavy atom. The molecule has 0 aliphatic heterocycles. The minimum absolute atomic E-state index is 0. The van der Waals surface area contributed by atoms with Crippen molar-refractivity contribution in [3.8, 4) is 5.75 Å². The Morgan fingerprint density at radius 1 is 0.750 bits per heavy atom. The summed E-state index contributed by atoms with van der Waals surface area (Å²) in [6.07, 6.45) is 0. The van der Waals surface area contributed by atoms with Gasteiger partial charge in [0.1, 0.15) is 10.0 Å². The Morgan fingerprint density at radius 3 is 1.38 bits per heavy atom. The second-order valence-electron chi connectivity index (χ2n) is 2.17. The quantitative estimate of drug-likeness (QED) is 0.405. The molecule has 0 N–H and O–H groups in total. The molecular formula is C6Cl6NaO3+. The van der Waals surface area contributed by atoms with Crippen LogP contribution in [0.25, 0.3) is 0 Å². The normalized spacial score (nSPS) is 10.2. The van der Waals surface area contributed by atoms with Gasteiger partial charge in [0, 0.05) is 0 Å². The first-order valence-electron chi connectivity index (χ1n) is 3.11. The predicted molar refractivity (Wildman–Crippen MR) is 52.1 cm³/mol. The second kappa shape index (κ2) is 7.31. The molecule has 0 amide bonds. The number of benzene rings is 1. The fraction of sp³-hybridized carbons (Fsp3) is 0. The zero-order valence-corrected chi connectivity index (χ0v) is 14.0. The van der Waals surface area contributed by atoms with Crippen molar-refractivity contribution >= 4 is 58.0 Å². The summed E-state index contributed by atoms with van der Waals surface area (Å²) >= 11 is 28.3. The van der Waals surface area contributed by atoms with Crippen LogP contribution in [-0.2, 0) is 0 Å². The van der Waals surface area contributed by atoms with Gasteiger partial charge >= 0.3 is 40.3 Å². The largest absolute Gasteiger partial charge is 1.00 e. The number of halogens is 6. The van der Waals surface area contributed by atoms with E-state index < -0.39 is 10.8 Å². The van der Waals surface area contributed by atoms with E-state index in [1.54, 1.807) is 0 Å². The third kappa shape index (κ3) is 3.84. The number of hydrogen-bond donors (Lipinski definition) is 0. The minimum atomic E-state index is -2.51. The molecule has 0 fully saturated rings. The summed E-state index contributed by atoms with van der Waals surface area (Å²) in [6.45, 7) is 0. The molecule has 0 saturated carbocycles. The van der Waals surface area contributed by atoms with Crippen LogP contribution in [0.1, 0.15) is 0 Å². The van der Waals surface area contributed by atoms with Crippen LogP contribution in [0.5, 0.6) is 5.75 Å². The fourth-order valence-electron chi connectivity index (χ4n) is 0.715. The van der Waals surface area contributed by atoms with Crippen molar-refractivity contribution in [1.82, 2.24) is 0 Å². The van der Waals surface area contributed by atoms with Crippen LogP contribution in [0.2, 0.25) is 25.1 Å². The van der Waals surface area contributed by atoms with Gasteiger partial charge in [0.15, 0.2) is 0 Å². The van der Waals surface area contributed by atoms with Gasteiger partial charge in [-0.2, -0.15) is 0 Å². The van der Waals surface area contributed by atoms with Gasteiger partial charge in [0.2, 0.25) is 0 Å². The van der Waals surface area contributed by atoms with Crippen molar-refractivity contribution < 1.29 is 53.9 Å². The van der Waals surface area contributed by atoms with Crippen molar-refractivity contribution in [3.63, 3.8) is 0 Å². The van der Waals surface area contributed by atoms with Gasteiger partial charge in [0.25, 0.3) is 5.75 Å². The standard InChI is InChI=1S/C6Cl6O3.Na/c7-1-2(8)4(10)6(15-12(13)14)5(11)3(1)9;/q;+1. The maximum atomic E-state index is 10.3. The second-order valence-corrected chi connectivity index (χ2v) is 4.59. The molecule has 0 aliphatic carbocycles. The molecule has 84 valence electrons. The smallest absolute Gasteiger partial charge is 0.307 e. The number of rotatable bonds is 2. The molecule has 0 atom stereocenters. The molecule has 0 saturated heterocycles. The predicted octanol–water partition coefficient (Wildman–Crippen LogP) is -0.577. The fourth-order valence-corrected chi connectivity index (χ4v) is 2.27. The van der Waals surface area contributed by atoms with Gasteiger partial charge in [0.05, 0.1) is 15.1 Å². The summed E-state index contributed by atoms with van der Waals surface area (Å²) in [5.74, 6) is -0.372. The molecule has 0 spiro atoms. The maximum Gasteiger partial charge on any atom is 1.00 e. The van der Waals surface area contributed by atoms with Gasteiger partial charge < -0.3 is 9.32 Å². The van der Waals surface area contributed by atoms with E-state index in [0.717, 1.165) is 0 Å². The van der Waals surface area contributed by atoms with Crippen LogP contribution in [0.4, 0.5) is 0 Å². The van der Waals surface area contributed by atoms with E-state index in [4.69, 9.17) is 58.0 Å². The third-order valence-corrected chi connectivity index (χ3v) is 3.83. The van der Waals surface area contributed by atoms with Gasteiger partial charge in [-0.15, -0.1) is 4.29 Å². The molecule has 16 heavy (non-hydrogen) atoms. The summed E-state index contributed by atoms with van der Waals surface area (Å²) in [4.78, 5) is 0. The average molecular weight is 356 g/mol. The summed E-state index contributed by atoms with van der Waals surface area (Å²) in [7, 11) is -2.51. The summed E-state index contributed by atoms with van der Waals surface area (Å²) in [5.41, 5.74) is 0. The molecule has 0 bridgehead atoms. The molecule has 1 aromatic rings. The molecule has 3 nitrogen and oxygen atoms in total. The Hall–Kier alpha value is 1.68. The Labute approximate surface area is 141 Å². The topological polar surface area (TPSA) is 55.3 Å². The first-order chi connectivity index (χ1) is 6.86. The van der Waals surface area contributed by atoms with E-state index in [-0.39, 0.29) is 60.4 Å². The molecule has 1 rings (SSSR count). The minimum Gasteiger partial charge on any atom is -0.307 e. The van der Waals surface area contributed by atoms with E-state index >= 15 is 0 Å². The Balaban J connectivity index is 0.00000225. The zero-order chi connectivity index (χ0) is 11.7. The molecule has 0 unspecified atom stereocenters. The van der Waals surface area contributed by atoms with Gasteiger partial charge in [-0.3, -0.25) is 0 Å². The van der Waals surface area contributed by atoms with Gasteiger partial charge in [-0.1, -0.05) is 58.0 Å². The van der Waals surface area contributed by atoms with Crippen LogP contribution in [-0.4, -0.2) is 0 Å². The van der Waals surface area contributed by atoms with Crippen LogP contribution >= 0.6 is 58.0 Å². The molecule has 0 aromatic heterocycles. The molecule has 10 heteroatoms. The summed E-state index contributed by atoms with van der Waals surface area (Å²) in [6, 6.07) is 0. The third-order valence-electron chi connectivity index (χ3n) is 1.31. The first-order valence-corrected chi connectivity index (χ1v) is 5.93. The van der Waals surface area contributed by atoms with Crippen molar-refractivity contribution in [3.05, 3.63) is 25.1 Å². The van der Waals surface area contributed by atoms with Crippen molar-refractivity contribution in [2.24, 2.45) is 0 Å². The van der Waals surface area contributed by atoms with Crippen molar-refractivity contribution in [2.75, 3.05) is 0 Å². The van der Waals surface area contributed by atoms with E-state index in [1.807, 2.05) is 0 Å². The van der Waals surface area contributed by atoms with Crippen LogP contribution < -0.4 is 43.2 Å². The first kappa shape index (κ1) is 17.7. The van der Waals surface area contributed by atoms with Gasteiger partial charge in [-0.25, -0.2) is 0 Å². The average Bonchev–Trinajstić information content (AvgIpc) is 2.18. The zero-order valence-electron chi connectivity index (χ0n) is 7.49. The molecular weight excluding hydrogens is 356 g/mol. The van der Waals surface area contributed by atoms with E-state index in [2.05, 4.69) is 4.29 Å². The SMILES string of the molecule is [Na+].[O-][Cl+2]([O-])Oc1c(Cl)c(Cl)c(Cl)c(Cl)c1Cl. The van der Waals surface area contributed by atoms with E-state index in [0.29, 0.717) is 0 Å². The number of hydrogen-bond acceptors (Lipinski definition) is 3. The van der Waals surface area contributed by atoms with E-state index in [1.165, 1.54) is 0 Å². The Kier molecular flexibility index (Phi) is 8.08. The Bertz CT molecular complexity index is 369. The maximum absolute atomic E-state index is 10.3. The monoisotopic (exact) mass is 353 g/mol. The van der Waals surface area contributed by atoms with Crippen LogP contribution in [0.3, 0.4) is 0 Å². The van der Waals surface area contributed by atoms with Crippen molar-refractivity contribution in [2.45, 2.75) is 0 Å². The summed E-state index contributed by atoms with van der Waals surface area (Å²) < 4.78 is 24.9. The molecule has 0 aliphatic rings. The van der Waals surface area contributed by atoms with Crippen molar-refractivity contribution in [1.29, 1.82) is 0 Å². The molecule has 1 aromatic carbocycles. The van der Waals surface area contributed by atoms with Crippen LogP contribution in [0, 0.1) is 10.8 Å². The molecule has 0 radical (unpaired) electrons. The van der Waals surface area contributed by atoms with Gasteiger partial charge in [-0.05, 0) is 0 Å². The summed E-state index contributed by atoms with van der Waals surface area (Å²) in [5, 5.41) is -0.813. The van der Waals surface area contributed by atoms with E-state index in [9.17, 15) is 9.32 Å². The van der Waals surface area contributed by atoms with Crippen LogP contribution in [0.15, 0.2) is 0 Å². The molecule has 0 heterocycles.